The molecule has 2 N–H and O–H groups in total. The van der Waals surface area contributed by atoms with Crippen LogP contribution in [0.3, 0.4) is 0 Å². The third-order valence-corrected chi connectivity index (χ3v) is 3.74. The van der Waals surface area contributed by atoms with E-state index in [1.165, 1.54) is 0 Å². The molecule has 0 radical (unpaired) electrons. The second kappa shape index (κ2) is 8.78. The number of carboxylic acid groups (broad SMARTS) is 1. The number of ether oxygens (including phenoxy) is 1. The molecule has 1 amide bonds. The largest absolute Gasteiger partial charge is 0.492 e. The number of carbonyl (C=O) groups excluding carboxylic acids is 1. The second-order valence-corrected chi connectivity index (χ2v) is 6.56. The summed E-state index contributed by atoms with van der Waals surface area (Å²) < 4.78 is 6.48. The maximum absolute atomic E-state index is 11.9. The first-order chi connectivity index (χ1) is 10.3. The highest BCUT2D eigenvalue weighted by atomic mass is 79.9. The number of benzene rings is 1. The fourth-order valence-electron chi connectivity index (χ4n) is 1.90. The lowest BCUT2D eigenvalue weighted by Gasteiger charge is -2.25. The van der Waals surface area contributed by atoms with Gasteiger partial charge < -0.3 is 15.2 Å². The number of carbonyl (C=O) groups is 2. The van der Waals surface area contributed by atoms with Crippen molar-refractivity contribution < 1.29 is 19.4 Å². The zero-order valence-corrected chi connectivity index (χ0v) is 14.5. The van der Waals surface area contributed by atoms with Gasteiger partial charge in [0.15, 0.2) is 0 Å². The first-order valence-electron chi connectivity index (χ1n) is 7.20. The van der Waals surface area contributed by atoms with Gasteiger partial charge in [-0.05, 0) is 54.8 Å². The van der Waals surface area contributed by atoms with Gasteiger partial charge in [0.05, 0.1) is 11.1 Å². The van der Waals surface area contributed by atoms with Crippen LogP contribution in [-0.2, 0) is 9.59 Å². The average molecular weight is 372 g/mol. The van der Waals surface area contributed by atoms with Crippen molar-refractivity contribution >= 4 is 27.8 Å². The van der Waals surface area contributed by atoms with Gasteiger partial charge in [-0.3, -0.25) is 9.59 Å². The van der Waals surface area contributed by atoms with Crippen LogP contribution in [0, 0.1) is 0 Å². The van der Waals surface area contributed by atoms with Crippen molar-refractivity contribution in [1.29, 1.82) is 0 Å². The Bertz CT molecular complexity index is 517. The highest BCUT2D eigenvalue weighted by Gasteiger charge is 2.21. The van der Waals surface area contributed by atoms with Crippen molar-refractivity contribution in [2.24, 2.45) is 0 Å². The number of hydrogen-bond acceptors (Lipinski definition) is 3. The Morgan fingerprint density at radius 2 is 1.95 bits per heavy atom. The molecular formula is C16H22BrNO4. The van der Waals surface area contributed by atoms with Crippen LogP contribution >= 0.6 is 15.9 Å². The summed E-state index contributed by atoms with van der Waals surface area (Å²) in [6.07, 6.45) is 1.39. The number of halogens is 1. The van der Waals surface area contributed by atoms with Crippen LogP contribution < -0.4 is 10.1 Å². The minimum Gasteiger partial charge on any atom is -0.492 e. The van der Waals surface area contributed by atoms with E-state index in [0.717, 1.165) is 10.2 Å². The average Bonchev–Trinajstić information content (AvgIpc) is 2.43. The van der Waals surface area contributed by atoms with Crippen LogP contribution in [0.5, 0.6) is 5.75 Å². The SMILES string of the molecule is CC(C)(CCC(=O)O)NC(=O)CCCOc1ccccc1Br. The first-order valence-corrected chi connectivity index (χ1v) is 7.99. The maximum Gasteiger partial charge on any atom is 0.303 e. The van der Waals surface area contributed by atoms with E-state index in [4.69, 9.17) is 9.84 Å². The lowest BCUT2D eigenvalue weighted by Crippen LogP contribution is -2.43. The fraction of sp³-hybridized carbons (Fsp3) is 0.500. The summed E-state index contributed by atoms with van der Waals surface area (Å²) in [6, 6.07) is 7.55. The van der Waals surface area contributed by atoms with Crippen LogP contribution in [0.1, 0.15) is 39.5 Å². The molecule has 0 aliphatic rings. The summed E-state index contributed by atoms with van der Waals surface area (Å²) in [7, 11) is 0. The summed E-state index contributed by atoms with van der Waals surface area (Å²) in [4.78, 5) is 22.4. The highest BCUT2D eigenvalue weighted by molar-refractivity contribution is 9.10. The number of para-hydroxylation sites is 1. The van der Waals surface area contributed by atoms with Gasteiger partial charge in [-0.15, -0.1) is 0 Å². The lowest BCUT2D eigenvalue weighted by atomic mass is 9.98. The summed E-state index contributed by atoms with van der Waals surface area (Å²) in [6.45, 7) is 4.10. The minimum absolute atomic E-state index is 0.0401. The third kappa shape index (κ3) is 7.45. The number of rotatable bonds is 9. The molecule has 22 heavy (non-hydrogen) atoms. The van der Waals surface area contributed by atoms with Crippen molar-refractivity contribution in [3.8, 4) is 5.75 Å². The molecule has 0 fully saturated rings. The molecule has 0 aliphatic heterocycles. The van der Waals surface area contributed by atoms with Crippen molar-refractivity contribution in [1.82, 2.24) is 5.32 Å². The fourth-order valence-corrected chi connectivity index (χ4v) is 2.30. The molecule has 1 aromatic rings. The Kier molecular flexibility index (Phi) is 7.38. The Morgan fingerprint density at radius 1 is 1.27 bits per heavy atom. The Hall–Kier alpha value is -1.56. The Labute approximate surface area is 139 Å². The van der Waals surface area contributed by atoms with Crippen LogP contribution in [0.4, 0.5) is 0 Å². The standard InChI is InChI=1S/C16H22BrNO4/c1-16(2,10-9-15(20)21)18-14(19)8-5-11-22-13-7-4-3-6-12(13)17/h3-4,6-7H,5,8-11H2,1-2H3,(H,18,19)(H,20,21). The van der Waals surface area contributed by atoms with Crippen molar-refractivity contribution in [3.05, 3.63) is 28.7 Å². The molecule has 0 spiro atoms. The normalized spacial score (nSPS) is 11.0. The second-order valence-electron chi connectivity index (χ2n) is 5.71. The van der Waals surface area contributed by atoms with Crippen molar-refractivity contribution in [3.63, 3.8) is 0 Å². The molecule has 0 heterocycles. The van der Waals surface area contributed by atoms with E-state index >= 15 is 0 Å². The smallest absolute Gasteiger partial charge is 0.303 e. The molecule has 1 aromatic carbocycles. The molecule has 5 nitrogen and oxygen atoms in total. The molecule has 122 valence electrons. The van der Waals surface area contributed by atoms with Crippen LogP contribution in [0.2, 0.25) is 0 Å². The van der Waals surface area contributed by atoms with Crippen LogP contribution in [-0.4, -0.2) is 29.1 Å². The van der Waals surface area contributed by atoms with E-state index in [0.29, 0.717) is 25.9 Å². The highest BCUT2D eigenvalue weighted by Crippen LogP contribution is 2.23. The van der Waals surface area contributed by atoms with Crippen molar-refractivity contribution in [2.75, 3.05) is 6.61 Å². The molecule has 0 atom stereocenters. The number of nitrogens with one attached hydrogen (secondary N) is 1. The number of hydrogen-bond donors (Lipinski definition) is 2. The molecule has 0 aliphatic carbocycles. The topological polar surface area (TPSA) is 75.6 Å². The Morgan fingerprint density at radius 3 is 2.59 bits per heavy atom. The van der Waals surface area contributed by atoms with Crippen molar-refractivity contribution in [2.45, 2.75) is 45.1 Å². The molecule has 0 aromatic heterocycles. The van der Waals surface area contributed by atoms with Gasteiger partial charge in [-0.25, -0.2) is 0 Å². The minimum atomic E-state index is -0.857. The van der Waals surface area contributed by atoms with E-state index in [2.05, 4.69) is 21.2 Å². The summed E-state index contributed by atoms with van der Waals surface area (Å²) in [5, 5.41) is 11.5. The number of carboxylic acids is 1. The molecule has 0 unspecified atom stereocenters. The zero-order chi connectivity index (χ0) is 16.6. The number of amides is 1. The molecule has 0 saturated heterocycles. The summed E-state index contributed by atoms with van der Waals surface area (Å²) >= 11 is 3.39. The molecule has 0 saturated carbocycles. The first kappa shape index (κ1) is 18.5. The quantitative estimate of drug-likeness (QED) is 0.652. The van der Waals surface area contributed by atoms with Gasteiger partial charge in [0.1, 0.15) is 5.75 Å². The zero-order valence-electron chi connectivity index (χ0n) is 12.9. The predicted octanol–water partition coefficient (Wildman–Crippen LogP) is 3.37. The van der Waals surface area contributed by atoms with Gasteiger partial charge in [-0.2, -0.15) is 0 Å². The van der Waals surface area contributed by atoms with E-state index in [9.17, 15) is 9.59 Å². The predicted molar refractivity (Wildman–Crippen MR) is 88.0 cm³/mol. The lowest BCUT2D eigenvalue weighted by molar-refractivity contribution is -0.137. The number of aliphatic carboxylic acids is 1. The van der Waals surface area contributed by atoms with Crippen LogP contribution in [0.15, 0.2) is 28.7 Å². The monoisotopic (exact) mass is 371 g/mol. The molecule has 6 heteroatoms. The van der Waals surface area contributed by atoms with Gasteiger partial charge in [0.2, 0.25) is 5.91 Å². The van der Waals surface area contributed by atoms with Gasteiger partial charge in [0.25, 0.3) is 0 Å². The van der Waals surface area contributed by atoms with Gasteiger partial charge in [-0.1, -0.05) is 12.1 Å². The third-order valence-electron chi connectivity index (χ3n) is 3.08. The molecular weight excluding hydrogens is 350 g/mol. The summed E-state index contributed by atoms with van der Waals surface area (Å²) in [5.74, 6) is -0.194. The maximum atomic E-state index is 11.9. The van der Waals surface area contributed by atoms with Gasteiger partial charge >= 0.3 is 5.97 Å². The van der Waals surface area contributed by atoms with E-state index in [-0.39, 0.29) is 12.3 Å². The molecule has 1 rings (SSSR count). The van der Waals surface area contributed by atoms with Crippen LogP contribution in [0.25, 0.3) is 0 Å². The summed E-state index contributed by atoms with van der Waals surface area (Å²) in [5.41, 5.74) is -0.515. The van der Waals surface area contributed by atoms with E-state index < -0.39 is 11.5 Å². The van der Waals surface area contributed by atoms with Gasteiger partial charge in [0, 0.05) is 18.4 Å². The Balaban J connectivity index is 2.26. The molecule has 0 bridgehead atoms. The van der Waals surface area contributed by atoms with E-state index in [1.54, 1.807) is 0 Å². The van der Waals surface area contributed by atoms with E-state index in [1.807, 2.05) is 38.1 Å².